The number of rotatable bonds is 3. The van der Waals surface area contributed by atoms with Crippen molar-refractivity contribution >= 4 is 5.78 Å². The Morgan fingerprint density at radius 2 is 2.05 bits per heavy atom. The quantitative estimate of drug-likeness (QED) is 0.786. The van der Waals surface area contributed by atoms with Gasteiger partial charge in [0, 0.05) is 31.2 Å². The number of fused-ring (bicyclic) bond motifs is 1. The van der Waals surface area contributed by atoms with E-state index in [-0.39, 0.29) is 5.78 Å². The molecule has 0 amide bonds. The molecule has 3 nitrogen and oxygen atoms in total. The highest BCUT2D eigenvalue weighted by Gasteiger charge is 2.24. The first kappa shape index (κ1) is 13.8. The van der Waals surface area contributed by atoms with E-state index in [1.54, 1.807) is 0 Å². The highest BCUT2D eigenvalue weighted by Crippen LogP contribution is 2.23. The Bertz CT molecular complexity index is 512. The van der Waals surface area contributed by atoms with Crippen LogP contribution in [0.4, 0.5) is 0 Å². The zero-order chi connectivity index (χ0) is 14.1. The lowest BCUT2D eigenvalue weighted by atomic mass is 10.0. The number of benzene rings is 1. The van der Waals surface area contributed by atoms with Gasteiger partial charge in [0.2, 0.25) is 0 Å². The van der Waals surface area contributed by atoms with E-state index in [1.165, 1.54) is 24.0 Å². The van der Waals surface area contributed by atoms with Crippen LogP contribution in [0.15, 0.2) is 18.2 Å². The Morgan fingerprint density at radius 1 is 1.25 bits per heavy atom. The molecule has 1 aliphatic carbocycles. The van der Waals surface area contributed by atoms with Gasteiger partial charge in [-0.15, -0.1) is 0 Å². The highest BCUT2D eigenvalue weighted by molar-refractivity contribution is 5.97. The first-order valence-electron chi connectivity index (χ1n) is 7.71. The van der Waals surface area contributed by atoms with Crippen molar-refractivity contribution in [2.75, 3.05) is 33.2 Å². The van der Waals surface area contributed by atoms with Crippen molar-refractivity contribution < 1.29 is 4.79 Å². The molecule has 0 radical (unpaired) electrons. The van der Waals surface area contributed by atoms with Gasteiger partial charge >= 0.3 is 0 Å². The molecule has 1 fully saturated rings. The first-order valence-corrected chi connectivity index (χ1v) is 7.71. The first-order chi connectivity index (χ1) is 9.63. The fourth-order valence-electron chi connectivity index (χ4n) is 3.43. The lowest BCUT2D eigenvalue weighted by Gasteiger charge is -2.37. The number of piperazine rings is 1. The summed E-state index contributed by atoms with van der Waals surface area (Å²) in [4.78, 5) is 17.1. The summed E-state index contributed by atoms with van der Waals surface area (Å²) in [6.45, 7) is 5.88. The molecule has 0 N–H and O–H groups in total. The van der Waals surface area contributed by atoms with Crippen molar-refractivity contribution in [3.05, 3.63) is 34.9 Å². The van der Waals surface area contributed by atoms with Gasteiger partial charge in [-0.25, -0.2) is 0 Å². The molecule has 2 aliphatic rings. The fraction of sp³-hybridized carbons (Fsp3) is 0.588. The topological polar surface area (TPSA) is 23.6 Å². The second kappa shape index (κ2) is 5.66. The van der Waals surface area contributed by atoms with Crippen molar-refractivity contribution in [1.82, 2.24) is 9.80 Å². The SMILES string of the molecule is CC1CN(C)CCN1CC(=O)c1ccc2c(c1)CCC2. The molecule has 1 aromatic carbocycles. The average Bonchev–Trinajstić information content (AvgIpc) is 2.89. The number of carbonyl (C=O) groups excluding carboxylic acids is 1. The average molecular weight is 272 g/mol. The molecule has 1 atom stereocenters. The molecule has 0 spiro atoms. The Labute approximate surface area is 121 Å². The molecule has 0 aromatic heterocycles. The third-order valence-electron chi connectivity index (χ3n) is 4.74. The fourth-order valence-corrected chi connectivity index (χ4v) is 3.43. The molecule has 3 rings (SSSR count). The Morgan fingerprint density at radius 3 is 2.85 bits per heavy atom. The van der Waals surface area contributed by atoms with Crippen LogP contribution in [-0.4, -0.2) is 54.9 Å². The van der Waals surface area contributed by atoms with Crippen LogP contribution >= 0.6 is 0 Å². The molecule has 1 aliphatic heterocycles. The van der Waals surface area contributed by atoms with Crippen LogP contribution in [0.5, 0.6) is 0 Å². The number of Topliss-reactive ketones (excluding diaryl/α,β-unsaturated/α-hetero) is 1. The van der Waals surface area contributed by atoms with Crippen molar-refractivity contribution in [2.24, 2.45) is 0 Å². The maximum atomic E-state index is 12.5. The maximum Gasteiger partial charge on any atom is 0.176 e. The number of aryl methyl sites for hydroxylation is 2. The molecule has 0 bridgehead atoms. The van der Waals surface area contributed by atoms with E-state index in [0.29, 0.717) is 12.6 Å². The van der Waals surface area contributed by atoms with Crippen LogP contribution in [-0.2, 0) is 12.8 Å². The van der Waals surface area contributed by atoms with Crippen molar-refractivity contribution in [2.45, 2.75) is 32.2 Å². The summed E-state index contributed by atoms with van der Waals surface area (Å²) >= 11 is 0. The zero-order valence-corrected chi connectivity index (χ0v) is 12.6. The normalized spacial score (nSPS) is 23.8. The van der Waals surface area contributed by atoms with Gasteiger partial charge in [-0.05, 0) is 50.4 Å². The lowest BCUT2D eigenvalue weighted by molar-refractivity contribution is 0.0747. The smallest absolute Gasteiger partial charge is 0.176 e. The molecule has 0 saturated carbocycles. The summed E-state index contributed by atoms with van der Waals surface area (Å²) in [5.41, 5.74) is 3.73. The predicted octanol–water partition coefficient (Wildman–Crippen LogP) is 1.99. The summed E-state index contributed by atoms with van der Waals surface area (Å²) < 4.78 is 0. The summed E-state index contributed by atoms with van der Waals surface area (Å²) in [5, 5.41) is 0. The minimum Gasteiger partial charge on any atom is -0.304 e. The Kier molecular flexibility index (Phi) is 3.90. The molecule has 20 heavy (non-hydrogen) atoms. The number of hydrogen-bond donors (Lipinski definition) is 0. The molecule has 108 valence electrons. The third-order valence-corrected chi connectivity index (χ3v) is 4.74. The van der Waals surface area contributed by atoms with Gasteiger partial charge in [0.1, 0.15) is 0 Å². The summed E-state index contributed by atoms with van der Waals surface area (Å²) in [6.07, 6.45) is 3.56. The number of hydrogen-bond acceptors (Lipinski definition) is 3. The van der Waals surface area contributed by atoms with Gasteiger partial charge in [0.05, 0.1) is 6.54 Å². The summed E-state index contributed by atoms with van der Waals surface area (Å²) in [6, 6.07) is 6.77. The standard InChI is InChI=1S/C17H24N2O/c1-13-11-18(2)8-9-19(13)12-17(20)16-7-6-14-4-3-5-15(14)10-16/h6-7,10,13H,3-5,8-9,11-12H2,1-2H3. The Hall–Kier alpha value is -1.19. The van der Waals surface area contributed by atoms with Crippen molar-refractivity contribution in [1.29, 1.82) is 0 Å². The van der Waals surface area contributed by atoms with Crippen LogP contribution < -0.4 is 0 Å². The van der Waals surface area contributed by atoms with Crippen molar-refractivity contribution in [3.8, 4) is 0 Å². The molecule has 3 heteroatoms. The molecule has 1 aromatic rings. The van der Waals surface area contributed by atoms with E-state index in [0.717, 1.165) is 31.6 Å². The van der Waals surface area contributed by atoms with Crippen LogP contribution in [0, 0.1) is 0 Å². The van der Waals surface area contributed by atoms with Crippen LogP contribution in [0.3, 0.4) is 0 Å². The van der Waals surface area contributed by atoms with E-state index < -0.39 is 0 Å². The zero-order valence-electron chi connectivity index (χ0n) is 12.6. The minimum absolute atomic E-state index is 0.274. The van der Waals surface area contributed by atoms with Gasteiger partial charge in [-0.1, -0.05) is 12.1 Å². The summed E-state index contributed by atoms with van der Waals surface area (Å²) in [7, 11) is 2.15. The molecule has 1 unspecified atom stereocenters. The molecular formula is C17H24N2O. The van der Waals surface area contributed by atoms with E-state index in [1.807, 2.05) is 6.07 Å². The summed E-state index contributed by atoms with van der Waals surface area (Å²) in [5.74, 6) is 0.274. The number of ketones is 1. The van der Waals surface area contributed by atoms with Gasteiger partial charge in [0.15, 0.2) is 5.78 Å². The molecular weight excluding hydrogens is 248 g/mol. The predicted molar refractivity (Wildman–Crippen MR) is 81.3 cm³/mol. The number of carbonyl (C=O) groups is 1. The maximum absolute atomic E-state index is 12.5. The third kappa shape index (κ3) is 2.79. The lowest BCUT2D eigenvalue weighted by Crippen LogP contribution is -2.51. The molecule has 1 saturated heterocycles. The monoisotopic (exact) mass is 272 g/mol. The number of nitrogens with zero attached hydrogens (tertiary/aromatic N) is 2. The highest BCUT2D eigenvalue weighted by atomic mass is 16.1. The van der Waals surface area contributed by atoms with E-state index >= 15 is 0 Å². The Balaban J connectivity index is 1.67. The van der Waals surface area contributed by atoms with Crippen LogP contribution in [0.25, 0.3) is 0 Å². The van der Waals surface area contributed by atoms with E-state index in [4.69, 9.17) is 0 Å². The van der Waals surface area contributed by atoms with Gasteiger partial charge < -0.3 is 4.90 Å². The van der Waals surface area contributed by atoms with Crippen LogP contribution in [0.2, 0.25) is 0 Å². The van der Waals surface area contributed by atoms with E-state index in [2.05, 4.69) is 35.9 Å². The minimum atomic E-state index is 0.274. The van der Waals surface area contributed by atoms with Gasteiger partial charge in [0.25, 0.3) is 0 Å². The largest absolute Gasteiger partial charge is 0.304 e. The van der Waals surface area contributed by atoms with Gasteiger partial charge in [-0.2, -0.15) is 0 Å². The second-order valence-electron chi connectivity index (χ2n) is 6.34. The molecule has 1 heterocycles. The van der Waals surface area contributed by atoms with E-state index in [9.17, 15) is 4.79 Å². The van der Waals surface area contributed by atoms with Crippen molar-refractivity contribution in [3.63, 3.8) is 0 Å². The number of likely N-dealkylation sites (N-methyl/N-ethyl adjacent to an activating group) is 1. The second-order valence-corrected chi connectivity index (χ2v) is 6.34. The van der Waals surface area contributed by atoms with Crippen LogP contribution in [0.1, 0.15) is 34.8 Å². The van der Waals surface area contributed by atoms with Gasteiger partial charge in [-0.3, -0.25) is 9.69 Å².